The van der Waals surface area contributed by atoms with Crippen LogP contribution >= 0.6 is 0 Å². The van der Waals surface area contributed by atoms with Crippen molar-refractivity contribution in [3.63, 3.8) is 0 Å². The van der Waals surface area contributed by atoms with Crippen molar-refractivity contribution in [3.8, 4) is 0 Å². The van der Waals surface area contributed by atoms with E-state index in [2.05, 4.69) is 15.6 Å². The number of amides is 1. The normalized spacial score (nSPS) is 13.8. The number of hydrogen-bond acceptors (Lipinski definition) is 4. The standard InChI is InChI=1S/C12H15N3O2/c1-2-9-5-3-4-6-10(9)15-12(16)17-11-13-7-8-14-11/h3-6H,2,7-8H2,1H3,(H,13,14)(H,15,16). The van der Waals surface area contributed by atoms with Gasteiger partial charge in [0.2, 0.25) is 0 Å². The molecule has 0 bridgehead atoms. The van der Waals surface area contributed by atoms with Crippen LogP contribution in [0.15, 0.2) is 29.3 Å². The van der Waals surface area contributed by atoms with Crippen LogP contribution in [0.3, 0.4) is 0 Å². The first-order chi connectivity index (χ1) is 8.29. The van der Waals surface area contributed by atoms with Gasteiger partial charge in [-0.05, 0) is 18.1 Å². The summed E-state index contributed by atoms with van der Waals surface area (Å²) in [4.78, 5) is 15.6. The lowest BCUT2D eigenvalue weighted by Crippen LogP contribution is -2.27. The summed E-state index contributed by atoms with van der Waals surface area (Å²) < 4.78 is 5.00. The van der Waals surface area contributed by atoms with Gasteiger partial charge in [0, 0.05) is 12.2 Å². The van der Waals surface area contributed by atoms with Crippen LogP contribution in [0.4, 0.5) is 10.5 Å². The molecule has 0 atom stereocenters. The van der Waals surface area contributed by atoms with Crippen LogP contribution < -0.4 is 10.6 Å². The van der Waals surface area contributed by atoms with E-state index in [1.165, 1.54) is 0 Å². The van der Waals surface area contributed by atoms with Crippen molar-refractivity contribution in [3.05, 3.63) is 29.8 Å². The number of benzene rings is 1. The molecule has 0 saturated carbocycles. The number of rotatable bonds is 2. The van der Waals surface area contributed by atoms with Crippen LogP contribution in [0.2, 0.25) is 0 Å². The zero-order valence-corrected chi connectivity index (χ0v) is 9.69. The highest BCUT2D eigenvalue weighted by Crippen LogP contribution is 2.15. The second-order valence-electron chi connectivity index (χ2n) is 3.64. The van der Waals surface area contributed by atoms with Crippen molar-refractivity contribution in [1.82, 2.24) is 5.32 Å². The number of aryl methyl sites for hydroxylation is 1. The zero-order chi connectivity index (χ0) is 12.1. The summed E-state index contributed by atoms with van der Waals surface area (Å²) in [7, 11) is 0. The number of ether oxygens (including phenoxy) is 1. The quantitative estimate of drug-likeness (QED) is 0.818. The van der Waals surface area contributed by atoms with Gasteiger partial charge in [-0.25, -0.2) is 9.79 Å². The van der Waals surface area contributed by atoms with Crippen LogP contribution in [0.5, 0.6) is 0 Å². The molecule has 2 rings (SSSR count). The molecule has 0 saturated heterocycles. The lowest BCUT2D eigenvalue weighted by Gasteiger charge is -2.09. The summed E-state index contributed by atoms with van der Waals surface area (Å²) in [6.07, 6.45) is 0.342. The van der Waals surface area contributed by atoms with Gasteiger partial charge in [-0.3, -0.25) is 5.32 Å². The first kappa shape index (κ1) is 11.4. The summed E-state index contributed by atoms with van der Waals surface area (Å²) in [5, 5.41) is 5.58. The van der Waals surface area contributed by atoms with E-state index in [4.69, 9.17) is 4.74 Å². The van der Waals surface area contributed by atoms with Crippen LogP contribution in [-0.2, 0) is 11.2 Å². The fourth-order valence-electron chi connectivity index (χ4n) is 1.62. The van der Waals surface area contributed by atoms with E-state index >= 15 is 0 Å². The third kappa shape index (κ3) is 2.96. The zero-order valence-electron chi connectivity index (χ0n) is 9.69. The Morgan fingerprint density at radius 2 is 2.35 bits per heavy atom. The maximum atomic E-state index is 11.6. The minimum absolute atomic E-state index is 0.288. The number of anilines is 1. The molecule has 1 aromatic carbocycles. The minimum atomic E-state index is -0.515. The average Bonchev–Trinajstić information content (AvgIpc) is 2.82. The summed E-state index contributed by atoms with van der Waals surface area (Å²) in [5.41, 5.74) is 1.85. The first-order valence-corrected chi connectivity index (χ1v) is 5.64. The molecule has 1 aliphatic heterocycles. The maximum Gasteiger partial charge on any atom is 0.419 e. The van der Waals surface area contributed by atoms with E-state index in [-0.39, 0.29) is 6.02 Å². The average molecular weight is 233 g/mol. The Labute approximate surface area is 99.9 Å². The molecule has 0 aliphatic carbocycles. The smallest absolute Gasteiger partial charge is 0.376 e. The fraction of sp³-hybridized carbons (Fsp3) is 0.333. The van der Waals surface area contributed by atoms with Crippen molar-refractivity contribution < 1.29 is 9.53 Å². The largest absolute Gasteiger partial charge is 0.419 e. The minimum Gasteiger partial charge on any atom is -0.376 e. The third-order valence-corrected chi connectivity index (χ3v) is 2.47. The highest BCUT2D eigenvalue weighted by molar-refractivity contribution is 5.94. The fourth-order valence-corrected chi connectivity index (χ4v) is 1.62. The number of hydrogen-bond donors (Lipinski definition) is 2. The van der Waals surface area contributed by atoms with Gasteiger partial charge < -0.3 is 10.1 Å². The first-order valence-electron chi connectivity index (χ1n) is 5.64. The molecule has 0 radical (unpaired) electrons. The van der Waals surface area contributed by atoms with E-state index in [0.717, 1.165) is 17.7 Å². The van der Waals surface area contributed by atoms with Gasteiger partial charge in [-0.2, -0.15) is 0 Å². The number of nitrogens with one attached hydrogen (secondary N) is 2. The number of aliphatic imine (C=N–C) groups is 1. The highest BCUT2D eigenvalue weighted by atomic mass is 16.6. The van der Waals surface area contributed by atoms with E-state index in [0.29, 0.717) is 13.1 Å². The molecule has 5 heteroatoms. The van der Waals surface area contributed by atoms with E-state index < -0.39 is 6.09 Å². The lowest BCUT2D eigenvalue weighted by molar-refractivity contribution is 0.210. The summed E-state index contributed by atoms with van der Waals surface area (Å²) in [6.45, 7) is 3.40. The third-order valence-electron chi connectivity index (χ3n) is 2.47. The van der Waals surface area contributed by atoms with Gasteiger partial charge in [0.1, 0.15) is 0 Å². The summed E-state index contributed by atoms with van der Waals surface area (Å²) >= 11 is 0. The molecule has 17 heavy (non-hydrogen) atoms. The molecular formula is C12H15N3O2. The molecule has 5 nitrogen and oxygen atoms in total. The van der Waals surface area contributed by atoms with Crippen molar-refractivity contribution in [2.45, 2.75) is 13.3 Å². The summed E-state index contributed by atoms with van der Waals surface area (Å²) in [6, 6.07) is 7.93. The molecule has 1 heterocycles. The van der Waals surface area contributed by atoms with E-state index in [1.54, 1.807) is 0 Å². The van der Waals surface area contributed by atoms with Gasteiger partial charge in [0.15, 0.2) is 0 Å². The van der Waals surface area contributed by atoms with Crippen molar-refractivity contribution in [2.24, 2.45) is 4.99 Å². The van der Waals surface area contributed by atoms with Gasteiger partial charge in [-0.15, -0.1) is 0 Å². The Kier molecular flexibility index (Phi) is 3.59. The van der Waals surface area contributed by atoms with E-state index in [9.17, 15) is 4.79 Å². The molecule has 0 fully saturated rings. The summed E-state index contributed by atoms with van der Waals surface area (Å²) in [5.74, 6) is 0. The van der Waals surface area contributed by atoms with Gasteiger partial charge >= 0.3 is 6.09 Å². The monoisotopic (exact) mass is 233 g/mol. The highest BCUT2D eigenvalue weighted by Gasteiger charge is 2.12. The Hall–Kier alpha value is -2.04. The Morgan fingerprint density at radius 3 is 3.06 bits per heavy atom. The predicted octanol–water partition coefficient (Wildman–Crippen LogP) is 1.76. The number of para-hydroxylation sites is 1. The van der Waals surface area contributed by atoms with Crippen LogP contribution in [0.25, 0.3) is 0 Å². The molecular weight excluding hydrogens is 218 g/mol. The molecule has 1 aliphatic rings. The molecule has 2 N–H and O–H groups in total. The molecule has 0 spiro atoms. The van der Waals surface area contributed by atoms with Crippen molar-refractivity contribution in [1.29, 1.82) is 0 Å². The Bertz CT molecular complexity index is 443. The molecule has 0 aromatic heterocycles. The molecule has 0 unspecified atom stereocenters. The van der Waals surface area contributed by atoms with Crippen molar-refractivity contribution >= 4 is 17.8 Å². The molecule has 1 aromatic rings. The lowest BCUT2D eigenvalue weighted by atomic mass is 10.1. The van der Waals surface area contributed by atoms with Crippen molar-refractivity contribution in [2.75, 3.05) is 18.4 Å². The maximum absolute atomic E-state index is 11.6. The predicted molar refractivity (Wildman–Crippen MR) is 66.2 cm³/mol. The van der Waals surface area contributed by atoms with Gasteiger partial charge in [0.25, 0.3) is 6.02 Å². The second-order valence-corrected chi connectivity index (χ2v) is 3.64. The van der Waals surface area contributed by atoms with Gasteiger partial charge in [-0.1, -0.05) is 25.1 Å². The second kappa shape index (κ2) is 5.34. The Balaban J connectivity index is 1.97. The van der Waals surface area contributed by atoms with Crippen LogP contribution in [0, 0.1) is 0 Å². The van der Waals surface area contributed by atoms with Crippen LogP contribution in [0.1, 0.15) is 12.5 Å². The van der Waals surface area contributed by atoms with Crippen LogP contribution in [-0.4, -0.2) is 25.2 Å². The molecule has 1 amide bonds. The topological polar surface area (TPSA) is 62.7 Å². The SMILES string of the molecule is CCc1ccccc1NC(=O)OC1=NCCN1. The number of carbonyl (C=O) groups is 1. The molecule has 90 valence electrons. The van der Waals surface area contributed by atoms with E-state index in [1.807, 2.05) is 31.2 Å². The van der Waals surface area contributed by atoms with Gasteiger partial charge in [0.05, 0.1) is 6.54 Å². The number of carbonyl (C=O) groups excluding carboxylic acids is 1. The Morgan fingerprint density at radius 1 is 1.53 bits per heavy atom. The number of nitrogens with zero attached hydrogens (tertiary/aromatic N) is 1. The number of amidine groups is 1.